The number of rotatable bonds is 7. The number of aromatic nitrogens is 1. The number of nitrogens with zero attached hydrogens (tertiary/aromatic N) is 3. The molecule has 0 amide bonds. The van der Waals surface area contributed by atoms with E-state index in [1.54, 1.807) is 0 Å². The van der Waals surface area contributed by atoms with Crippen LogP contribution in [0.1, 0.15) is 13.8 Å². The van der Waals surface area contributed by atoms with Gasteiger partial charge in [-0.05, 0) is 24.4 Å². The third-order valence-corrected chi connectivity index (χ3v) is 3.04. The van der Waals surface area contributed by atoms with Crippen molar-refractivity contribution in [2.75, 3.05) is 26.2 Å². The Hall–Kier alpha value is -1.21. The molecule has 0 radical (unpaired) electrons. The summed E-state index contributed by atoms with van der Waals surface area (Å²) in [5.41, 5.74) is 0. The van der Waals surface area contributed by atoms with Crippen LogP contribution in [0.25, 0.3) is 0 Å². The Morgan fingerprint density at radius 3 is 2.75 bits per heavy atom. The van der Waals surface area contributed by atoms with Gasteiger partial charge in [-0.3, -0.25) is 10.1 Å². The summed E-state index contributed by atoms with van der Waals surface area (Å²) in [5, 5.41) is 10.8. The third-order valence-electron chi connectivity index (χ3n) is 2.18. The number of thiazole rings is 1. The Kier molecular flexibility index (Phi) is 5.13. The first-order chi connectivity index (χ1) is 7.67. The van der Waals surface area contributed by atoms with Crippen LogP contribution in [-0.4, -0.2) is 41.0 Å². The normalized spacial score (nSPS) is 10.7. The fraction of sp³-hybridized carbons (Fsp3) is 0.667. The van der Waals surface area contributed by atoms with E-state index in [0.29, 0.717) is 11.8 Å². The maximum Gasteiger partial charge on any atom is 0.347 e. The molecule has 0 spiro atoms. The molecule has 0 aromatic carbocycles. The highest BCUT2D eigenvalue weighted by Gasteiger charge is 2.12. The first kappa shape index (κ1) is 12.9. The zero-order valence-electron chi connectivity index (χ0n) is 9.38. The Balaban J connectivity index is 2.34. The predicted molar refractivity (Wildman–Crippen MR) is 62.1 cm³/mol. The van der Waals surface area contributed by atoms with Crippen molar-refractivity contribution >= 4 is 16.3 Å². The van der Waals surface area contributed by atoms with Gasteiger partial charge in [0.2, 0.25) is 0 Å². The summed E-state index contributed by atoms with van der Waals surface area (Å²) in [6.45, 7) is 7.41. The van der Waals surface area contributed by atoms with Gasteiger partial charge in [0.1, 0.15) is 12.8 Å². The van der Waals surface area contributed by atoms with E-state index in [1.807, 2.05) is 0 Å². The van der Waals surface area contributed by atoms with Crippen LogP contribution in [0.15, 0.2) is 6.20 Å². The average molecular weight is 245 g/mol. The van der Waals surface area contributed by atoms with Gasteiger partial charge >= 0.3 is 5.00 Å². The van der Waals surface area contributed by atoms with Gasteiger partial charge in [0.25, 0.3) is 5.19 Å². The van der Waals surface area contributed by atoms with Crippen LogP contribution in [0.5, 0.6) is 5.19 Å². The Morgan fingerprint density at radius 1 is 1.56 bits per heavy atom. The van der Waals surface area contributed by atoms with E-state index in [2.05, 4.69) is 23.7 Å². The smallest absolute Gasteiger partial charge is 0.347 e. The molecule has 0 fully saturated rings. The molecule has 0 aliphatic carbocycles. The van der Waals surface area contributed by atoms with Crippen LogP contribution in [0, 0.1) is 10.1 Å². The van der Waals surface area contributed by atoms with Crippen molar-refractivity contribution in [3.63, 3.8) is 0 Å². The number of likely N-dealkylation sites (N-methyl/N-ethyl adjacent to an activating group) is 1. The van der Waals surface area contributed by atoms with E-state index in [4.69, 9.17) is 4.74 Å². The fourth-order valence-corrected chi connectivity index (χ4v) is 1.81. The summed E-state index contributed by atoms with van der Waals surface area (Å²) in [5.74, 6) is 0. The van der Waals surface area contributed by atoms with Crippen molar-refractivity contribution in [2.45, 2.75) is 13.8 Å². The number of ether oxygens (including phenoxy) is 1. The van der Waals surface area contributed by atoms with E-state index in [1.165, 1.54) is 6.20 Å². The molecule has 1 aromatic rings. The highest BCUT2D eigenvalue weighted by atomic mass is 32.1. The molecule has 0 atom stereocenters. The number of hydrogen-bond donors (Lipinski definition) is 0. The van der Waals surface area contributed by atoms with Gasteiger partial charge in [0.15, 0.2) is 0 Å². The van der Waals surface area contributed by atoms with Gasteiger partial charge in [-0.2, -0.15) is 0 Å². The lowest BCUT2D eigenvalue weighted by molar-refractivity contribution is -0.380. The van der Waals surface area contributed by atoms with Gasteiger partial charge in [-0.25, -0.2) is 4.98 Å². The molecule has 6 nitrogen and oxygen atoms in total. The van der Waals surface area contributed by atoms with Gasteiger partial charge in [0.05, 0.1) is 4.92 Å². The molecule has 0 unspecified atom stereocenters. The predicted octanol–water partition coefficient (Wildman–Crippen LogP) is 1.77. The second kappa shape index (κ2) is 6.39. The number of hydrogen-bond acceptors (Lipinski definition) is 6. The summed E-state index contributed by atoms with van der Waals surface area (Å²) < 4.78 is 5.33. The largest absolute Gasteiger partial charge is 0.469 e. The SMILES string of the molecule is CCN(CC)CCOc1ncc([N+](=O)[O-])s1. The Morgan fingerprint density at radius 2 is 2.25 bits per heavy atom. The molecule has 7 heteroatoms. The maximum absolute atomic E-state index is 10.4. The topological polar surface area (TPSA) is 68.5 Å². The molecule has 1 heterocycles. The van der Waals surface area contributed by atoms with Gasteiger partial charge < -0.3 is 9.64 Å². The standard InChI is InChI=1S/C9H15N3O3S/c1-3-11(4-2)5-6-15-9-10-7-8(16-9)12(13)14/h7H,3-6H2,1-2H3. The Bertz CT molecular complexity index is 338. The monoisotopic (exact) mass is 245 g/mol. The fourth-order valence-electron chi connectivity index (χ4n) is 1.20. The molecule has 0 bridgehead atoms. The lowest BCUT2D eigenvalue weighted by Crippen LogP contribution is -2.27. The van der Waals surface area contributed by atoms with Crippen molar-refractivity contribution in [1.82, 2.24) is 9.88 Å². The molecule has 0 saturated heterocycles. The first-order valence-electron chi connectivity index (χ1n) is 5.12. The van der Waals surface area contributed by atoms with E-state index in [0.717, 1.165) is 31.0 Å². The lowest BCUT2D eigenvalue weighted by atomic mass is 10.5. The van der Waals surface area contributed by atoms with Gasteiger partial charge in [0, 0.05) is 6.54 Å². The first-order valence-corrected chi connectivity index (χ1v) is 5.94. The molecule has 0 aliphatic rings. The molecule has 90 valence electrons. The minimum Gasteiger partial charge on any atom is -0.469 e. The molecular weight excluding hydrogens is 230 g/mol. The third kappa shape index (κ3) is 3.74. The second-order valence-electron chi connectivity index (χ2n) is 3.10. The van der Waals surface area contributed by atoms with Crippen LogP contribution in [0.4, 0.5) is 5.00 Å². The molecule has 16 heavy (non-hydrogen) atoms. The van der Waals surface area contributed by atoms with Crippen molar-refractivity contribution in [2.24, 2.45) is 0 Å². The summed E-state index contributed by atoms with van der Waals surface area (Å²) in [6, 6.07) is 0. The second-order valence-corrected chi connectivity index (χ2v) is 4.07. The summed E-state index contributed by atoms with van der Waals surface area (Å²) in [7, 11) is 0. The molecule has 1 aromatic heterocycles. The van der Waals surface area contributed by atoms with E-state index < -0.39 is 4.92 Å². The average Bonchev–Trinajstić information content (AvgIpc) is 2.73. The highest BCUT2D eigenvalue weighted by Crippen LogP contribution is 2.26. The zero-order chi connectivity index (χ0) is 12.0. The minimum atomic E-state index is -0.463. The summed E-state index contributed by atoms with van der Waals surface area (Å²) in [4.78, 5) is 16.0. The minimum absolute atomic E-state index is 0.0119. The molecule has 1 rings (SSSR count). The van der Waals surface area contributed by atoms with E-state index in [9.17, 15) is 10.1 Å². The van der Waals surface area contributed by atoms with Crippen LogP contribution >= 0.6 is 11.3 Å². The molecule has 0 aliphatic heterocycles. The quantitative estimate of drug-likeness (QED) is 0.541. The maximum atomic E-state index is 10.4. The summed E-state index contributed by atoms with van der Waals surface area (Å²) >= 11 is 0.957. The van der Waals surface area contributed by atoms with Crippen molar-refractivity contribution in [1.29, 1.82) is 0 Å². The van der Waals surface area contributed by atoms with Gasteiger partial charge in [-0.1, -0.05) is 13.8 Å². The highest BCUT2D eigenvalue weighted by molar-refractivity contribution is 7.16. The van der Waals surface area contributed by atoms with Gasteiger partial charge in [-0.15, -0.1) is 0 Å². The van der Waals surface area contributed by atoms with Crippen molar-refractivity contribution in [3.05, 3.63) is 16.3 Å². The molecule has 0 saturated carbocycles. The van der Waals surface area contributed by atoms with E-state index >= 15 is 0 Å². The van der Waals surface area contributed by atoms with Crippen LogP contribution < -0.4 is 4.74 Å². The van der Waals surface area contributed by atoms with Crippen LogP contribution in [-0.2, 0) is 0 Å². The molecular formula is C9H15N3O3S. The van der Waals surface area contributed by atoms with Crippen LogP contribution in [0.2, 0.25) is 0 Å². The number of nitro groups is 1. The van der Waals surface area contributed by atoms with Crippen molar-refractivity contribution in [3.8, 4) is 5.19 Å². The molecule has 0 N–H and O–H groups in total. The zero-order valence-corrected chi connectivity index (χ0v) is 10.2. The summed E-state index contributed by atoms with van der Waals surface area (Å²) in [6.07, 6.45) is 1.22. The van der Waals surface area contributed by atoms with Crippen molar-refractivity contribution < 1.29 is 9.66 Å². The van der Waals surface area contributed by atoms with Crippen LogP contribution in [0.3, 0.4) is 0 Å². The lowest BCUT2D eigenvalue weighted by Gasteiger charge is -2.16. The Labute approximate surface area is 98.0 Å². The van der Waals surface area contributed by atoms with E-state index in [-0.39, 0.29) is 5.00 Å².